The summed E-state index contributed by atoms with van der Waals surface area (Å²) in [5.74, 6) is 1.16. The Labute approximate surface area is 204 Å². The fourth-order valence-corrected chi connectivity index (χ4v) is 6.20. The molecule has 0 N–H and O–H groups in total. The first-order valence-corrected chi connectivity index (χ1v) is 13.2. The third kappa shape index (κ3) is 4.92. The number of halogens is 2. The highest BCUT2D eigenvalue weighted by atomic mass is 35.5. The number of aromatic nitrogens is 1. The van der Waals surface area contributed by atoms with Gasteiger partial charge in [-0.25, -0.2) is 0 Å². The molecule has 1 atom stereocenters. The lowest BCUT2D eigenvalue weighted by Gasteiger charge is -2.38. The summed E-state index contributed by atoms with van der Waals surface area (Å²) in [7, 11) is 0. The molecule has 2 aliphatic rings. The van der Waals surface area contributed by atoms with Crippen LogP contribution >= 0.6 is 34.7 Å². The highest BCUT2D eigenvalue weighted by Gasteiger charge is 2.25. The highest BCUT2D eigenvalue weighted by Crippen LogP contribution is 2.33. The Hall–Kier alpha value is -1.37. The van der Waals surface area contributed by atoms with Gasteiger partial charge < -0.3 is 4.90 Å². The molecule has 2 aliphatic heterocycles. The number of piperazine rings is 1. The van der Waals surface area contributed by atoms with Gasteiger partial charge in [0, 0.05) is 44.2 Å². The number of likely N-dealkylation sites (tertiary alicyclic amines) is 1. The number of nitrogens with zero attached hydrogens (tertiary/aromatic N) is 4. The summed E-state index contributed by atoms with van der Waals surface area (Å²) in [6.07, 6.45) is 5.05. The Kier molecular flexibility index (Phi) is 7.20. The fraction of sp³-hybridized carbons (Fsp3) is 0.480. The monoisotopic (exact) mass is 488 g/mol. The molecule has 2 saturated heterocycles. The zero-order valence-corrected chi connectivity index (χ0v) is 20.7. The molecule has 170 valence electrons. The molecule has 3 heterocycles. The van der Waals surface area contributed by atoms with Crippen LogP contribution in [0.25, 0.3) is 10.1 Å². The third-order valence-electron chi connectivity index (χ3n) is 6.91. The normalized spacial score (nSPS) is 19.5. The van der Waals surface area contributed by atoms with Gasteiger partial charge >= 0.3 is 0 Å². The minimum atomic E-state index is 0.408. The van der Waals surface area contributed by atoms with Gasteiger partial charge in [0.2, 0.25) is 0 Å². The summed E-state index contributed by atoms with van der Waals surface area (Å²) < 4.78 is 6.03. The maximum atomic E-state index is 6.38. The van der Waals surface area contributed by atoms with E-state index < -0.39 is 0 Å². The Morgan fingerprint density at radius 2 is 1.66 bits per heavy atom. The van der Waals surface area contributed by atoms with E-state index in [4.69, 9.17) is 27.6 Å². The predicted octanol–water partition coefficient (Wildman–Crippen LogP) is 6.34. The lowest BCUT2D eigenvalue weighted by Crippen LogP contribution is -2.47. The number of fused-ring (bicyclic) bond motifs is 1. The lowest BCUT2D eigenvalue weighted by atomic mass is 9.98. The number of benzene rings is 2. The molecule has 2 fully saturated rings. The van der Waals surface area contributed by atoms with E-state index in [0.29, 0.717) is 16.1 Å². The van der Waals surface area contributed by atoms with E-state index in [0.717, 1.165) is 45.0 Å². The molecule has 0 amide bonds. The van der Waals surface area contributed by atoms with E-state index in [1.165, 1.54) is 48.0 Å². The smallest absolute Gasteiger partial charge is 0.150 e. The molecule has 0 bridgehead atoms. The van der Waals surface area contributed by atoms with Gasteiger partial charge in [0.05, 0.1) is 14.7 Å². The van der Waals surface area contributed by atoms with Crippen molar-refractivity contribution in [3.8, 4) is 0 Å². The van der Waals surface area contributed by atoms with Crippen LogP contribution in [0.4, 0.5) is 5.82 Å². The van der Waals surface area contributed by atoms with Crippen molar-refractivity contribution in [2.24, 2.45) is 0 Å². The lowest BCUT2D eigenvalue weighted by molar-refractivity contribution is 0.137. The Morgan fingerprint density at radius 1 is 0.875 bits per heavy atom. The average molecular weight is 490 g/mol. The summed E-state index contributed by atoms with van der Waals surface area (Å²) in [4.78, 5) is 7.72. The average Bonchev–Trinajstić information content (AvgIpc) is 3.27. The molecule has 7 heteroatoms. The molecule has 0 spiro atoms. The van der Waals surface area contributed by atoms with Gasteiger partial charge in [0.25, 0.3) is 0 Å². The highest BCUT2D eigenvalue weighted by molar-refractivity contribution is 7.13. The van der Waals surface area contributed by atoms with Crippen molar-refractivity contribution in [2.45, 2.75) is 31.7 Å². The van der Waals surface area contributed by atoms with Crippen LogP contribution in [-0.4, -0.2) is 60.0 Å². The minimum Gasteiger partial charge on any atom is -0.353 e. The van der Waals surface area contributed by atoms with Crippen LogP contribution in [0.2, 0.25) is 10.0 Å². The molecule has 0 aliphatic carbocycles. The maximum Gasteiger partial charge on any atom is 0.150 e. The van der Waals surface area contributed by atoms with E-state index in [9.17, 15) is 0 Å². The summed E-state index contributed by atoms with van der Waals surface area (Å²) in [6.45, 7) is 7.70. The summed E-state index contributed by atoms with van der Waals surface area (Å²) in [5, 5.41) is 2.59. The summed E-state index contributed by atoms with van der Waals surface area (Å²) in [6, 6.07) is 15.2. The fourth-order valence-electron chi connectivity index (χ4n) is 5.10. The van der Waals surface area contributed by atoms with Crippen LogP contribution in [0.15, 0.2) is 42.5 Å². The quantitative estimate of drug-likeness (QED) is 0.403. The second kappa shape index (κ2) is 10.3. The van der Waals surface area contributed by atoms with Crippen molar-refractivity contribution in [1.29, 1.82) is 0 Å². The predicted molar refractivity (Wildman–Crippen MR) is 138 cm³/mol. The van der Waals surface area contributed by atoms with E-state index >= 15 is 0 Å². The molecule has 3 aromatic rings. The SMILES string of the molecule is Clc1ccc(C(CCN2CCN(c3nsc4ccccc34)CC2)N2CCCCC2)cc1Cl. The molecule has 4 nitrogen and oxygen atoms in total. The van der Waals surface area contributed by atoms with E-state index in [1.807, 2.05) is 6.07 Å². The van der Waals surface area contributed by atoms with Crippen molar-refractivity contribution in [1.82, 2.24) is 14.2 Å². The van der Waals surface area contributed by atoms with Gasteiger partial charge in [-0.2, -0.15) is 4.37 Å². The minimum absolute atomic E-state index is 0.408. The summed E-state index contributed by atoms with van der Waals surface area (Å²) >= 11 is 14.2. The molecule has 32 heavy (non-hydrogen) atoms. The molecule has 0 radical (unpaired) electrons. The molecule has 2 aromatic carbocycles. The van der Waals surface area contributed by atoms with Crippen LogP contribution in [0, 0.1) is 0 Å². The summed E-state index contributed by atoms with van der Waals surface area (Å²) in [5.41, 5.74) is 1.30. The molecule has 1 aromatic heterocycles. The van der Waals surface area contributed by atoms with Gasteiger partial charge in [0.15, 0.2) is 0 Å². The number of hydrogen-bond acceptors (Lipinski definition) is 5. The van der Waals surface area contributed by atoms with Crippen LogP contribution in [0.3, 0.4) is 0 Å². The van der Waals surface area contributed by atoms with Gasteiger partial charge in [-0.05, 0) is 73.7 Å². The molecule has 5 rings (SSSR count). The topological polar surface area (TPSA) is 22.6 Å². The van der Waals surface area contributed by atoms with Crippen molar-refractivity contribution in [3.05, 3.63) is 58.1 Å². The largest absolute Gasteiger partial charge is 0.353 e. The first-order chi connectivity index (χ1) is 15.7. The standard InChI is InChI=1S/C25H30Cl2N4S/c26-21-9-8-19(18-22(21)27)23(30-11-4-1-5-12-30)10-13-29-14-16-31(17-15-29)25-20-6-2-3-7-24(20)32-28-25/h2-3,6-9,18,23H,1,4-5,10-17H2. The van der Waals surface area contributed by atoms with Crippen LogP contribution in [0.5, 0.6) is 0 Å². The maximum absolute atomic E-state index is 6.38. The Bertz CT molecular complexity index is 1040. The second-order valence-corrected chi connectivity index (χ2v) is 10.5. The molecular formula is C25H30Cl2N4S. The number of hydrogen-bond donors (Lipinski definition) is 0. The molecular weight excluding hydrogens is 459 g/mol. The van der Waals surface area contributed by atoms with Crippen LogP contribution in [-0.2, 0) is 0 Å². The first kappa shape index (κ1) is 22.4. The number of rotatable bonds is 6. The van der Waals surface area contributed by atoms with Crippen molar-refractivity contribution in [2.75, 3.05) is 50.7 Å². The van der Waals surface area contributed by atoms with Gasteiger partial charge in [-0.3, -0.25) is 9.80 Å². The van der Waals surface area contributed by atoms with Gasteiger partial charge in [-0.15, -0.1) is 0 Å². The Balaban J connectivity index is 1.22. The van der Waals surface area contributed by atoms with E-state index in [2.05, 4.69) is 51.1 Å². The first-order valence-electron chi connectivity index (χ1n) is 11.7. The van der Waals surface area contributed by atoms with Crippen molar-refractivity contribution in [3.63, 3.8) is 0 Å². The molecule has 1 unspecified atom stereocenters. The van der Waals surface area contributed by atoms with Crippen LogP contribution < -0.4 is 4.90 Å². The third-order valence-corrected chi connectivity index (χ3v) is 8.46. The number of piperidine rings is 1. The van der Waals surface area contributed by atoms with Crippen molar-refractivity contribution < 1.29 is 0 Å². The Morgan fingerprint density at radius 3 is 2.44 bits per heavy atom. The van der Waals surface area contributed by atoms with Crippen LogP contribution in [0.1, 0.15) is 37.3 Å². The van der Waals surface area contributed by atoms with Gasteiger partial charge in [-0.1, -0.05) is 47.8 Å². The van der Waals surface area contributed by atoms with E-state index in [1.54, 1.807) is 11.5 Å². The van der Waals surface area contributed by atoms with Gasteiger partial charge in [0.1, 0.15) is 5.82 Å². The molecule has 0 saturated carbocycles. The van der Waals surface area contributed by atoms with E-state index in [-0.39, 0.29) is 0 Å². The zero-order chi connectivity index (χ0) is 21.9. The second-order valence-electron chi connectivity index (χ2n) is 8.91. The number of anilines is 1. The van der Waals surface area contributed by atoms with Crippen molar-refractivity contribution >= 4 is 50.6 Å². The zero-order valence-electron chi connectivity index (χ0n) is 18.4.